The molecule has 0 aliphatic rings. The van der Waals surface area contributed by atoms with Gasteiger partial charge in [-0.25, -0.2) is 4.98 Å². The Labute approximate surface area is 112 Å². The molecule has 0 saturated heterocycles. The Morgan fingerprint density at radius 3 is 2.42 bits per heavy atom. The highest BCUT2D eigenvalue weighted by Gasteiger charge is 2.00. The van der Waals surface area contributed by atoms with Crippen LogP contribution >= 0.6 is 0 Å². The molecule has 2 nitrogen and oxygen atoms in total. The highest BCUT2D eigenvalue weighted by molar-refractivity contribution is 5.91. The van der Waals surface area contributed by atoms with Gasteiger partial charge < -0.3 is 5.73 Å². The number of aromatic nitrogens is 1. The zero-order chi connectivity index (χ0) is 13.1. The molecule has 1 heterocycles. The number of nitrogens with two attached hydrogens (primary N) is 1. The van der Waals surface area contributed by atoms with Crippen LogP contribution in [0.15, 0.2) is 60.7 Å². The van der Waals surface area contributed by atoms with Crippen molar-refractivity contribution >= 4 is 28.7 Å². The first-order valence-corrected chi connectivity index (χ1v) is 6.21. The third-order valence-corrected chi connectivity index (χ3v) is 3.01. The fraction of sp³-hybridized carbons (Fsp3) is 0. The van der Waals surface area contributed by atoms with Crippen molar-refractivity contribution in [2.24, 2.45) is 0 Å². The number of pyridine rings is 1. The minimum Gasteiger partial charge on any atom is -0.398 e. The highest BCUT2D eigenvalue weighted by Crippen LogP contribution is 2.21. The van der Waals surface area contributed by atoms with E-state index >= 15 is 0 Å². The molecule has 0 fully saturated rings. The van der Waals surface area contributed by atoms with Crippen LogP contribution in [-0.2, 0) is 0 Å². The lowest BCUT2D eigenvalue weighted by molar-refractivity contribution is 1.37. The van der Waals surface area contributed by atoms with Gasteiger partial charge in [-0.2, -0.15) is 0 Å². The van der Waals surface area contributed by atoms with Crippen molar-refractivity contribution in [1.29, 1.82) is 0 Å². The molecule has 92 valence electrons. The summed E-state index contributed by atoms with van der Waals surface area (Å²) in [5.74, 6) is 0. The predicted molar refractivity (Wildman–Crippen MR) is 81.5 cm³/mol. The molecule has 0 saturated carbocycles. The highest BCUT2D eigenvalue weighted by atomic mass is 14.7. The van der Waals surface area contributed by atoms with E-state index in [2.05, 4.69) is 17.1 Å². The van der Waals surface area contributed by atoms with Gasteiger partial charge in [0, 0.05) is 11.1 Å². The molecule has 2 aromatic carbocycles. The van der Waals surface area contributed by atoms with Crippen molar-refractivity contribution in [2.45, 2.75) is 0 Å². The van der Waals surface area contributed by atoms with Gasteiger partial charge in [-0.3, -0.25) is 0 Å². The molecule has 0 aliphatic carbocycles. The van der Waals surface area contributed by atoms with Crippen molar-refractivity contribution in [3.63, 3.8) is 0 Å². The van der Waals surface area contributed by atoms with Gasteiger partial charge in [0.1, 0.15) is 0 Å². The summed E-state index contributed by atoms with van der Waals surface area (Å²) in [5, 5.41) is 0.999. The van der Waals surface area contributed by atoms with Gasteiger partial charge in [0.15, 0.2) is 0 Å². The standard InChI is InChI=1S/C17H14N2/c18-16-12-14(11-10-13-6-2-1-3-7-13)19-17-9-5-4-8-15(16)17/h1-12H,(H2,18,19)/b11-10+. The van der Waals surface area contributed by atoms with E-state index < -0.39 is 0 Å². The molecule has 0 aliphatic heterocycles. The lowest BCUT2D eigenvalue weighted by Gasteiger charge is -2.03. The number of hydrogen-bond donors (Lipinski definition) is 1. The fourth-order valence-electron chi connectivity index (χ4n) is 2.05. The van der Waals surface area contributed by atoms with Crippen molar-refractivity contribution in [3.8, 4) is 0 Å². The monoisotopic (exact) mass is 246 g/mol. The summed E-state index contributed by atoms with van der Waals surface area (Å²) < 4.78 is 0. The van der Waals surface area contributed by atoms with Crippen molar-refractivity contribution in [1.82, 2.24) is 4.98 Å². The van der Waals surface area contributed by atoms with Crippen LogP contribution in [0.2, 0.25) is 0 Å². The van der Waals surface area contributed by atoms with Gasteiger partial charge >= 0.3 is 0 Å². The van der Waals surface area contributed by atoms with E-state index in [-0.39, 0.29) is 0 Å². The molecule has 2 N–H and O–H groups in total. The van der Waals surface area contributed by atoms with Gasteiger partial charge in [0.25, 0.3) is 0 Å². The number of benzene rings is 2. The number of anilines is 1. The van der Waals surface area contributed by atoms with E-state index in [1.54, 1.807) is 0 Å². The molecule has 0 unspecified atom stereocenters. The molecule has 0 bridgehead atoms. The molecule has 2 heteroatoms. The smallest absolute Gasteiger partial charge is 0.0729 e. The maximum absolute atomic E-state index is 6.05. The van der Waals surface area contributed by atoms with Crippen LogP contribution in [0.4, 0.5) is 5.69 Å². The summed E-state index contributed by atoms with van der Waals surface area (Å²) in [4.78, 5) is 4.58. The van der Waals surface area contributed by atoms with Crippen molar-refractivity contribution < 1.29 is 0 Å². The summed E-state index contributed by atoms with van der Waals surface area (Å²) in [6.07, 6.45) is 4.02. The lowest BCUT2D eigenvalue weighted by atomic mass is 10.1. The molecule has 0 atom stereocenters. The Morgan fingerprint density at radius 1 is 0.842 bits per heavy atom. The first-order chi connectivity index (χ1) is 9.33. The van der Waals surface area contributed by atoms with Crippen LogP contribution in [0.3, 0.4) is 0 Å². The average Bonchev–Trinajstić information content (AvgIpc) is 2.46. The lowest BCUT2D eigenvalue weighted by Crippen LogP contribution is -1.91. The molecule has 3 rings (SSSR count). The van der Waals surface area contributed by atoms with Crippen LogP contribution in [-0.4, -0.2) is 4.98 Å². The fourth-order valence-corrected chi connectivity index (χ4v) is 2.05. The third-order valence-electron chi connectivity index (χ3n) is 3.01. The van der Waals surface area contributed by atoms with Crippen LogP contribution in [0.1, 0.15) is 11.3 Å². The third kappa shape index (κ3) is 2.47. The maximum Gasteiger partial charge on any atom is 0.0729 e. The van der Waals surface area contributed by atoms with Crippen molar-refractivity contribution in [2.75, 3.05) is 5.73 Å². The van der Waals surface area contributed by atoms with Crippen LogP contribution in [0.25, 0.3) is 23.1 Å². The zero-order valence-electron chi connectivity index (χ0n) is 10.5. The second-order valence-electron chi connectivity index (χ2n) is 4.40. The summed E-state index contributed by atoms with van der Waals surface area (Å²) in [6, 6.07) is 20.0. The van der Waals surface area contributed by atoms with Gasteiger partial charge in [-0.1, -0.05) is 54.6 Å². The number of para-hydroxylation sites is 1. The molecule has 0 spiro atoms. The second kappa shape index (κ2) is 4.94. The van der Waals surface area contributed by atoms with Crippen molar-refractivity contribution in [3.05, 3.63) is 71.9 Å². The van der Waals surface area contributed by atoms with Gasteiger partial charge in [-0.15, -0.1) is 0 Å². The number of hydrogen-bond acceptors (Lipinski definition) is 2. The zero-order valence-corrected chi connectivity index (χ0v) is 10.5. The summed E-state index contributed by atoms with van der Waals surface area (Å²) >= 11 is 0. The number of nitrogen functional groups attached to an aromatic ring is 1. The van der Waals surface area contributed by atoms with Gasteiger partial charge in [0.05, 0.1) is 11.2 Å². The summed E-state index contributed by atoms with van der Waals surface area (Å²) in [5.41, 5.74) is 9.76. The quantitative estimate of drug-likeness (QED) is 0.742. The Morgan fingerprint density at radius 2 is 1.58 bits per heavy atom. The predicted octanol–water partition coefficient (Wildman–Crippen LogP) is 3.99. The normalized spacial score (nSPS) is 11.2. The average molecular weight is 246 g/mol. The van der Waals surface area contributed by atoms with E-state index in [1.165, 1.54) is 0 Å². The van der Waals surface area contributed by atoms with E-state index in [4.69, 9.17) is 5.73 Å². The summed E-state index contributed by atoms with van der Waals surface area (Å²) in [6.45, 7) is 0. The van der Waals surface area contributed by atoms with E-state index in [0.29, 0.717) is 0 Å². The molecular weight excluding hydrogens is 232 g/mol. The molecule has 0 amide bonds. The van der Waals surface area contributed by atoms with Gasteiger partial charge in [0.2, 0.25) is 0 Å². The van der Waals surface area contributed by atoms with E-state index in [1.807, 2.05) is 60.7 Å². The molecule has 0 radical (unpaired) electrons. The first kappa shape index (κ1) is 11.5. The largest absolute Gasteiger partial charge is 0.398 e. The minimum atomic E-state index is 0.762. The molecule has 1 aromatic heterocycles. The molecule has 3 aromatic rings. The minimum absolute atomic E-state index is 0.762. The first-order valence-electron chi connectivity index (χ1n) is 6.21. The molecule has 19 heavy (non-hydrogen) atoms. The van der Waals surface area contributed by atoms with Gasteiger partial charge in [-0.05, 0) is 23.8 Å². The van der Waals surface area contributed by atoms with E-state index in [0.717, 1.165) is 27.8 Å². The maximum atomic E-state index is 6.05. The van der Waals surface area contributed by atoms with E-state index in [9.17, 15) is 0 Å². The van der Waals surface area contributed by atoms with Crippen LogP contribution < -0.4 is 5.73 Å². The van der Waals surface area contributed by atoms with Crippen LogP contribution in [0.5, 0.6) is 0 Å². The SMILES string of the molecule is Nc1cc(/C=C/c2ccccc2)nc2ccccc12. The molecular formula is C17H14N2. The number of fused-ring (bicyclic) bond motifs is 1. The number of nitrogens with zero attached hydrogens (tertiary/aromatic N) is 1. The second-order valence-corrected chi connectivity index (χ2v) is 4.40. The Balaban J connectivity index is 2.00. The number of rotatable bonds is 2. The Bertz CT molecular complexity index is 731. The van der Waals surface area contributed by atoms with Crippen LogP contribution in [0, 0.1) is 0 Å². The topological polar surface area (TPSA) is 38.9 Å². The summed E-state index contributed by atoms with van der Waals surface area (Å²) in [7, 11) is 0. The Kier molecular flexibility index (Phi) is 2.99. The Hall–Kier alpha value is -2.61.